The first-order valence-corrected chi connectivity index (χ1v) is 13.0. The van der Waals surface area contributed by atoms with Gasteiger partial charge in [0.1, 0.15) is 5.75 Å². The first-order chi connectivity index (χ1) is 17.5. The Hall–Kier alpha value is -2.95. The Morgan fingerprint density at radius 1 is 0.833 bits per heavy atom. The monoisotopic (exact) mass is 496 g/mol. The summed E-state index contributed by atoms with van der Waals surface area (Å²) in [5.74, 6) is -1.01. The number of aryl methyl sites for hydroxylation is 1. The van der Waals surface area contributed by atoms with Gasteiger partial charge in [-0.3, -0.25) is 0 Å². The average molecular weight is 497 g/mol. The fraction of sp³-hybridized carbons (Fsp3) is 0.419. The Bertz CT molecular complexity index is 1140. The molecule has 1 fully saturated rings. The molecular formula is C31H35F3O2. The SMILES string of the molecule is CCCCCc1ccc(-c2ccc(C3CCC(COc4ccc(OC)c(F)c4)CC3)c(F)c2F)cc1. The van der Waals surface area contributed by atoms with Crippen molar-refractivity contribution in [1.82, 2.24) is 0 Å². The average Bonchev–Trinajstić information content (AvgIpc) is 2.90. The van der Waals surface area contributed by atoms with Gasteiger partial charge in [0.2, 0.25) is 0 Å². The standard InChI is InChI=1S/C31H35F3O2/c1-3-4-5-6-21-7-11-23(12-8-21)26-16-17-27(31(34)30(26)33)24-13-9-22(10-14-24)20-36-25-15-18-29(35-2)28(32)19-25/h7-8,11-12,15-19,22,24H,3-6,9-10,13-14,20H2,1-2H3. The van der Waals surface area contributed by atoms with Gasteiger partial charge in [0, 0.05) is 11.6 Å². The highest BCUT2D eigenvalue weighted by molar-refractivity contribution is 5.65. The first kappa shape index (κ1) is 26.1. The second kappa shape index (κ2) is 12.3. The van der Waals surface area contributed by atoms with E-state index >= 15 is 8.78 Å². The van der Waals surface area contributed by atoms with E-state index < -0.39 is 17.5 Å². The molecule has 0 unspecified atom stereocenters. The van der Waals surface area contributed by atoms with Crippen molar-refractivity contribution < 1.29 is 22.6 Å². The van der Waals surface area contributed by atoms with Crippen LogP contribution in [0.4, 0.5) is 13.2 Å². The highest BCUT2D eigenvalue weighted by Crippen LogP contribution is 2.39. The lowest BCUT2D eigenvalue weighted by molar-refractivity contribution is 0.198. The lowest BCUT2D eigenvalue weighted by Gasteiger charge is -2.29. The van der Waals surface area contributed by atoms with Crippen molar-refractivity contribution in [3.63, 3.8) is 0 Å². The van der Waals surface area contributed by atoms with Crippen LogP contribution in [0.1, 0.15) is 68.9 Å². The van der Waals surface area contributed by atoms with Crippen molar-refractivity contribution in [3.05, 3.63) is 83.2 Å². The van der Waals surface area contributed by atoms with Crippen molar-refractivity contribution in [3.8, 4) is 22.6 Å². The molecule has 1 aliphatic carbocycles. The van der Waals surface area contributed by atoms with Gasteiger partial charge in [-0.2, -0.15) is 0 Å². The van der Waals surface area contributed by atoms with E-state index in [1.165, 1.54) is 31.6 Å². The number of halogens is 3. The summed E-state index contributed by atoms with van der Waals surface area (Å²) in [7, 11) is 1.42. The van der Waals surface area contributed by atoms with Crippen LogP contribution in [0.15, 0.2) is 54.6 Å². The Balaban J connectivity index is 1.34. The molecule has 0 aliphatic heterocycles. The molecule has 192 valence electrons. The van der Waals surface area contributed by atoms with Crippen molar-refractivity contribution in [1.29, 1.82) is 0 Å². The zero-order valence-electron chi connectivity index (χ0n) is 21.2. The second-order valence-corrected chi connectivity index (χ2v) is 9.81. The second-order valence-electron chi connectivity index (χ2n) is 9.81. The molecule has 4 rings (SSSR count). The van der Waals surface area contributed by atoms with Gasteiger partial charge >= 0.3 is 0 Å². The zero-order chi connectivity index (χ0) is 25.5. The quantitative estimate of drug-likeness (QED) is 0.261. The topological polar surface area (TPSA) is 18.5 Å². The Morgan fingerprint density at radius 2 is 1.58 bits per heavy atom. The Morgan fingerprint density at radius 3 is 2.25 bits per heavy atom. The Kier molecular flexibility index (Phi) is 8.95. The molecule has 0 spiro atoms. The predicted octanol–water partition coefficient (Wildman–Crippen LogP) is 8.87. The maximum absolute atomic E-state index is 15.1. The van der Waals surface area contributed by atoms with Crippen LogP contribution in [0.2, 0.25) is 0 Å². The van der Waals surface area contributed by atoms with Gasteiger partial charge in [-0.05, 0) is 79.2 Å². The van der Waals surface area contributed by atoms with Crippen LogP contribution < -0.4 is 9.47 Å². The summed E-state index contributed by atoms with van der Waals surface area (Å²) in [6, 6.07) is 15.8. The van der Waals surface area contributed by atoms with Gasteiger partial charge in [-0.25, -0.2) is 13.2 Å². The molecule has 1 aliphatic rings. The van der Waals surface area contributed by atoms with E-state index in [-0.39, 0.29) is 11.7 Å². The third kappa shape index (κ3) is 6.24. The lowest BCUT2D eigenvalue weighted by atomic mass is 9.78. The molecule has 1 saturated carbocycles. The van der Waals surface area contributed by atoms with E-state index in [0.29, 0.717) is 35.0 Å². The maximum Gasteiger partial charge on any atom is 0.168 e. The largest absolute Gasteiger partial charge is 0.494 e. The molecular weight excluding hydrogens is 461 g/mol. The van der Waals surface area contributed by atoms with Crippen LogP contribution in [0, 0.1) is 23.4 Å². The molecule has 0 atom stereocenters. The molecule has 0 saturated heterocycles. The maximum atomic E-state index is 15.1. The van der Waals surface area contributed by atoms with E-state index in [1.54, 1.807) is 24.3 Å². The lowest BCUT2D eigenvalue weighted by Crippen LogP contribution is -2.20. The summed E-state index contributed by atoms with van der Waals surface area (Å²) in [4.78, 5) is 0. The molecule has 0 heterocycles. The molecule has 2 nitrogen and oxygen atoms in total. The molecule has 3 aromatic carbocycles. The summed E-state index contributed by atoms with van der Waals surface area (Å²) in [6.07, 6.45) is 7.77. The van der Waals surface area contributed by atoms with Gasteiger partial charge in [0.25, 0.3) is 0 Å². The number of hydrogen-bond acceptors (Lipinski definition) is 2. The van der Waals surface area contributed by atoms with Crippen LogP contribution in [0.25, 0.3) is 11.1 Å². The van der Waals surface area contributed by atoms with Gasteiger partial charge in [-0.1, -0.05) is 56.2 Å². The predicted molar refractivity (Wildman–Crippen MR) is 138 cm³/mol. The normalized spacial score (nSPS) is 17.7. The smallest absolute Gasteiger partial charge is 0.168 e. The van der Waals surface area contributed by atoms with E-state index in [2.05, 4.69) is 6.92 Å². The fourth-order valence-corrected chi connectivity index (χ4v) is 5.12. The molecule has 0 N–H and O–H groups in total. The number of rotatable bonds is 10. The van der Waals surface area contributed by atoms with Gasteiger partial charge in [0.05, 0.1) is 13.7 Å². The van der Waals surface area contributed by atoms with Crippen molar-refractivity contribution >= 4 is 0 Å². The van der Waals surface area contributed by atoms with Crippen LogP contribution in [0.5, 0.6) is 11.5 Å². The van der Waals surface area contributed by atoms with Crippen LogP contribution in [-0.4, -0.2) is 13.7 Å². The minimum atomic E-state index is -0.766. The van der Waals surface area contributed by atoms with Crippen molar-refractivity contribution in [2.75, 3.05) is 13.7 Å². The summed E-state index contributed by atoms with van der Waals surface area (Å²) in [6.45, 7) is 2.65. The zero-order valence-corrected chi connectivity index (χ0v) is 21.2. The Labute approximate surface area is 212 Å². The third-order valence-corrected chi connectivity index (χ3v) is 7.34. The minimum Gasteiger partial charge on any atom is -0.494 e. The molecule has 0 aromatic heterocycles. The highest BCUT2D eigenvalue weighted by Gasteiger charge is 2.27. The molecule has 0 radical (unpaired) electrons. The van der Waals surface area contributed by atoms with Crippen LogP contribution in [0.3, 0.4) is 0 Å². The third-order valence-electron chi connectivity index (χ3n) is 7.34. The summed E-state index contributed by atoms with van der Waals surface area (Å²) in [5.41, 5.74) is 2.70. The first-order valence-electron chi connectivity index (χ1n) is 13.0. The van der Waals surface area contributed by atoms with E-state index in [1.807, 2.05) is 24.3 Å². The van der Waals surface area contributed by atoms with E-state index in [9.17, 15) is 4.39 Å². The molecule has 36 heavy (non-hydrogen) atoms. The molecule has 0 amide bonds. The van der Waals surface area contributed by atoms with Gasteiger partial charge < -0.3 is 9.47 Å². The van der Waals surface area contributed by atoms with Crippen LogP contribution >= 0.6 is 0 Å². The highest BCUT2D eigenvalue weighted by atomic mass is 19.2. The summed E-state index contributed by atoms with van der Waals surface area (Å²) < 4.78 is 54.8. The number of hydrogen-bond donors (Lipinski definition) is 0. The summed E-state index contributed by atoms with van der Waals surface area (Å²) >= 11 is 0. The van der Waals surface area contributed by atoms with Gasteiger partial charge in [-0.15, -0.1) is 0 Å². The molecule has 5 heteroatoms. The molecule has 0 bridgehead atoms. The number of ether oxygens (including phenoxy) is 2. The van der Waals surface area contributed by atoms with E-state index in [0.717, 1.165) is 38.5 Å². The fourth-order valence-electron chi connectivity index (χ4n) is 5.12. The summed E-state index contributed by atoms with van der Waals surface area (Å²) in [5, 5.41) is 0. The molecule has 3 aromatic rings. The number of benzene rings is 3. The number of methoxy groups -OCH3 is 1. The van der Waals surface area contributed by atoms with E-state index in [4.69, 9.17) is 9.47 Å². The van der Waals surface area contributed by atoms with Crippen LogP contribution in [-0.2, 0) is 6.42 Å². The minimum absolute atomic E-state index is 0.0100. The number of unbranched alkanes of at least 4 members (excludes halogenated alkanes) is 2. The van der Waals surface area contributed by atoms with Gasteiger partial charge in [0.15, 0.2) is 23.2 Å². The van der Waals surface area contributed by atoms with Crippen molar-refractivity contribution in [2.45, 2.75) is 64.2 Å². The van der Waals surface area contributed by atoms with Crippen molar-refractivity contribution in [2.24, 2.45) is 5.92 Å².